The van der Waals surface area contributed by atoms with Gasteiger partial charge in [0.1, 0.15) is 0 Å². The molecular weight excluding hydrogens is 333 g/mol. The highest BCUT2D eigenvalue weighted by atomic mass is 35.5. The molecule has 3 aliphatic rings. The molecule has 0 aromatic heterocycles. The molecular formula is C17H33Cl2N3O. The minimum absolute atomic E-state index is 0. The third-order valence-electron chi connectivity index (χ3n) is 5.68. The highest BCUT2D eigenvalue weighted by molar-refractivity contribution is 5.85. The first kappa shape index (κ1) is 21.0. The van der Waals surface area contributed by atoms with Crippen LogP contribution in [0.3, 0.4) is 0 Å². The maximum absolute atomic E-state index is 12.2. The zero-order valence-electron chi connectivity index (χ0n) is 14.1. The summed E-state index contributed by atoms with van der Waals surface area (Å²) in [5.74, 6) is 1.23. The van der Waals surface area contributed by atoms with Gasteiger partial charge in [-0.05, 0) is 57.7 Å². The van der Waals surface area contributed by atoms with Crippen molar-refractivity contribution in [2.75, 3.05) is 32.7 Å². The largest absolute Gasteiger partial charge is 0.356 e. The number of piperidine rings is 1. The van der Waals surface area contributed by atoms with Gasteiger partial charge in [0, 0.05) is 25.0 Å². The Balaban J connectivity index is 0.00000132. The van der Waals surface area contributed by atoms with Crippen molar-refractivity contribution in [1.29, 1.82) is 0 Å². The minimum Gasteiger partial charge on any atom is -0.356 e. The fraction of sp³-hybridized carbons (Fsp3) is 0.941. The van der Waals surface area contributed by atoms with Crippen LogP contribution in [-0.4, -0.2) is 49.6 Å². The third kappa shape index (κ3) is 6.08. The summed E-state index contributed by atoms with van der Waals surface area (Å²) >= 11 is 0. The summed E-state index contributed by atoms with van der Waals surface area (Å²) in [7, 11) is 0. The Kier molecular flexibility index (Phi) is 9.83. The van der Waals surface area contributed by atoms with Gasteiger partial charge >= 0.3 is 0 Å². The molecule has 2 saturated heterocycles. The van der Waals surface area contributed by atoms with E-state index in [1.54, 1.807) is 0 Å². The molecule has 4 nitrogen and oxygen atoms in total. The van der Waals surface area contributed by atoms with Crippen LogP contribution in [0.25, 0.3) is 0 Å². The van der Waals surface area contributed by atoms with Gasteiger partial charge in [-0.25, -0.2) is 0 Å². The van der Waals surface area contributed by atoms with Crippen molar-refractivity contribution in [2.24, 2.45) is 11.8 Å². The van der Waals surface area contributed by atoms with E-state index in [0.29, 0.717) is 11.8 Å². The van der Waals surface area contributed by atoms with Crippen LogP contribution in [0, 0.1) is 11.8 Å². The number of nitrogens with zero attached hydrogens (tertiary/aromatic N) is 1. The van der Waals surface area contributed by atoms with E-state index in [0.717, 1.165) is 38.5 Å². The predicted octanol–water partition coefficient (Wildman–Crippen LogP) is 2.60. The molecule has 0 spiro atoms. The lowest BCUT2D eigenvalue weighted by Crippen LogP contribution is -2.40. The number of likely N-dealkylation sites (tertiary alicyclic amines) is 1. The van der Waals surface area contributed by atoms with E-state index >= 15 is 0 Å². The highest BCUT2D eigenvalue weighted by Gasteiger charge is 2.29. The van der Waals surface area contributed by atoms with E-state index in [1.165, 1.54) is 51.6 Å². The van der Waals surface area contributed by atoms with E-state index in [9.17, 15) is 4.79 Å². The number of rotatable bonds is 4. The fourth-order valence-electron chi connectivity index (χ4n) is 4.28. The van der Waals surface area contributed by atoms with E-state index in [2.05, 4.69) is 15.5 Å². The van der Waals surface area contributed by atoms with Gasteiger partial charge in [0.2, 0.25) is 5.91 Å². The second-order valence-corrected chi connectivity index (χ2v) is 7.21. The average Bonchev–Trinajstić information content (AvgIpc) is 3.03. The third-order valence-corrected chi connectivity index (χ3v) is 5.68. The zero-order chi connectivity index (χ0) is 14.5. The fourth-order valence-corrected chi connectivity index (χ4v) is 4.28. The first-order chi connectivity index (χ1) is 10.3. The molecule has 1 unspecified atom stereocenters. The summed E-state index contributed by atoms with van der Waals surface area (Å²) in [5, 5.41) is 6.55. The molecule has 1 amide bonds. The molecule has 3 rings (SSSR count). The molecule has 1 saturated carbocycles. The molecule has 23 heavy (non-hydrogen) atoms. The zero-order valence-corrected chi connectivity index (χ0v) is 15.7. The van der Waals surface area contributed by atoms with Crippen molar-refractivity contribution in [3.8, 4) is 0 Å². The lowest BCUT2D eigenvalue weighted by atomic mass is 9.94. The van der Waals surface area contributed by atoms with Gasteiger partial charge in [0.25, 0.3) is 0 Å². The van der Waals surface area contributed by atoms with Crippen molar-refractivity contribution in [2.45, 2.75) is 57.4 Å². The summed E-state index contributed by atoms with van der Waals surface area (Å²) in [6.45, 7) is 5.34. The van der Waals surface area contributed by atoms with Gasteiger partial charge in [-0.2, -0.15) is 0 Å². The van der Waals surface area contributed by atoms with Gasteiger partial charge < -0.3 is 15.5 Å². The topological polar surface area (TPSA) is 44.4 Å². The number of carbonyl (C=O) groups excluding carboxylic acids is 1. The van der Waals surface area contributed by atoms with Gasteiger partial charge in [-0.1, -0.05) is 19.3 Å². The van der Waals surface area contributed by atoms with Gasteiger partial charge in [0.05, 0.1) is 0 Å². The van der Waals surface area contributed by atoms with E-state index in [-0.39, 0.29) is 30.7 Å². The molecule has 6 heteroatoms. The Morgan fingerprint density at radius 2 is 1.70 bits per heavy atom. The van der Waals surface area contributed by atoms with Crippen LogP contribution in [0.2, 0.25) is 0 Å². The number of amides is 1. The number of nitrogens with one attached hydrogen (secondary N) is 2. The Bertz CT molecular complexity index is 345. The summed E-state index contributed by atoms with van der Waals surface area (Å²) in [6.07, 6.45) is 10.3. The molecule has 2 heterocycles. The van der Waals surface area contributed by atoms with Crippen LogP contribution in [0.1, 0.15) is 51.4 Å². The van der Waals surface area contributed by atoms with Gasteiger partial charge in [-0.15, -0.1) is 24.8 Å². The van der Waals surface area contributed by atoms with Gasteiger partial charge in [-0.3, -0.25) is 4.79 Å². The SMILES string of the molecule is Cl.Cl.O=C(NCC1CCN(C2CCCCC2)C1)C1CCNCC1. The van der Waals surface area contributed by atoms with Crippen molar-refractivity contribution in [3.05, 3.63) is 0 Å². The summed E-state index contributed by atoms with van der Waals surface area (Å²) in [5.41, 5.74) is 0. The second-order valence-electron chi connectivity index (χ2n) is 7.21. The standard InChI is InChI=1S/C17H31N3O.2ClH/c21-17(15-6-9-18-10-7-15)19-12-14-8-11-20(13-14)16-4-2-1-3-5-16;;/h14-16,18H,1-13H2,(H,19,21);2*1H. The van der Waals surface area contributed by atoms with Crippen LogP contribution in [0.4, 0.5) is 0 Å². The summed E-state index contributed by atoms with van der Waals surface area (Å²) in [4.78, 5) is 14.9. The molecule has 0 aromatic carbocycles. The summed E-state index contributed by atoms with van der Waals surface area (Å²) in [6, 6.07) is 0.837. The average molecular weight is 366 g/mol. The Morgan fingerprint density at radius 1 is 1.00 bits per heavy atom. The first-order valence-corrected chi connectivity index (χ1v) is 9.05. The van der Waals surface area contributed by atoms with E-state index in [4.69, 9.17) is 0 Å². The molecule has 136 valence electrons. The number of halogens is 2. The smallest absolute Gasteiger partial charge is 0.223 e. The predicted molar refractivity (Wildman–Crippen MR) is 99.7 cm³/mol. The Hall–Kier alpha value is -0.0300. The van der Waals surface area contributed by atoms with Crippen molar-refractivity contribution in [3.63, 3.8) is 0 Å². The maximum Gasteiger partial charge on any atom is 0.223 e. The molecule has 1 atom stereocenters. The second kappa shape index (κ2) is 10.8. The monoisotopic (exact) mass is 365 g/mol. The molecule has 3 fully saturated rings. The minimum atomic E-state index is 0. The van der Waals surface area contributed by atoms with Crippen LogP contribution in [-0.2, 0) is 4.79 Å². The normalized spacial score (nSPS) is 27.0. The lowest BCUT2D eigenvalue weighted by Gasteiger charge is -2.31. The number of carbonyl (C=O) groups is 1. The van der Waals surface area contributed by atoms with Crippen LogP contribution < -0.4 is 10.6 Å². The van der Waals surface area contributed by atoms with Crippen molar-refractivity contribution in [1.82, 2.24) is 15.5 Å². The molecule has 0 aromatic rings. The highest BCUT2D eigenvalue weighted by Crippen LogP contribution is 2.27. The molecule has 0 bridgehead atoms. The van der Waals surface area contributed by atoms with Crippen LogP contribution in [0.15, 0.2) is 0 Å². The molecule has 2 aliphatic heterocycles. The van der Waals surface area contributed by atoms with Gasteiger partial charge in [0.15, 0.2) is 0 Å². The summed E-state index contributed by atoms with van der Waals surface area (Å²) < 4.78 is 0. The molecule has 0 radical (unpaired) electrons. The maximum atomic E-state index is 12.2. The number of hydrogen-bond donors (Lipinski definition) is 2. The van der Waals surface area contributed by atoms with E-state index in [1.807, 2.05) is 0 Å². The van der Waals surface area contributed by atoms with Crippen molar-refractivity contribution >= 4 is 30.7 Å². The quantitative estimate of drug-likeness (QED) is 0.804. The van der Waals surface area contributed by atoms with Crippen LogP contribution in [0.5, 0.6) is 0 Å². The Morgan fingerprint density at radius 3 is 2.39 bits per heavy atom. The molecule has 1 aliphatic carbocycles. The number of hydrogen-bond acceptors (Lipinski definition) is 3. The lowest BCUT2D eigenvalue weighted by molar-refractivity contribution is -0.125. The van der Waals surface area contributed by atoms with E-state index < -0.39 is 0 Å². The van der Waals surface area contributed by atoms with Crippen LogP contribution >= 0.6 is 24.8 Å². The molecule has 2 N–H and O–H groups in total. The Labute approximate surface area is 153 Å². The van der Waals surface area contributed by atoms with Crippen molar-refractivity contribution < 1.29 is 4.79 Å². The first-order valence-electron chi connectivity index (χ1n) is 9.05.